The number of halogens is 2. The molecule has 1 aromatic rings. The third kappa shape index (κ3) is 5.85. The van der Waals surface area contributed by atoms with Crippen LogP contribution in [0.25, 0.3) is 0 Å². The number of carbonyl (C=O) groups is 1. The monoisotopic (exact) mass is 317 g/mol. The molecule has 0 fully saturated rings. The van der Waals surface area contributed by atoms with Gasteiger partial charge in [-0.25, -0.2) is 0 Å². The van der Waals surface area contributed by atoms with Gasteiger partial charge >= 0.3 is 6.61 Å². The zero-order chi connectivity index (χ0) is 16.5. The van der Waals surface area contributed by atoms with Crippen LogP contribution in [-0.2, 0) is 16.1 Å². The normalized spacial score (nSPS) is 10.6. The van der Waals surface area contributed by atoms with Crippen LogP contribution in [0.1, 0.15) is 19.4 Å². The maximum Gasteiger partial charge on any atom is 0.387 e. The van der Waals surface area contributed by atoms with Crippen molar-refractivity contribution in [1.82, 2.24) is 4.90 Å². The van der Waals surface area contributed by atoms with Crippen molar-refractivity contribution in [3.63, 3.8) is 0 Å². The minimum absolute atomic E-state index is 0.0118. The van der Waals surface area contributed by atoms with E-state index in [-0.39, 0.29) is 24.0 Å². The Morgan fingerprint density at radius 3 is 2.55 bits per heavy atom. The molecule has 0 N–H and O–H groups in total. The summed E-state index contributed by atoms with van der Waals surface area (Å²) < 4.78 is 39.4. The zero-order valence-corrected chi connectivity index (χ0v) is 13.0. The van der Waals surface area contributed by atoms with E-state index >= 15 is 0 Å². The van der Waals surface area contributed by atoms with Crippen molar-refractivity contribution in [3.05, 3.63) is 23.8 Å². The molecule has 0 saturated carbocycles. The molecule has 0 aromatic heterocycles. The van der Waals surface area contributed by atoms with Crippen molar-refractivity contribution in [2.75, 3.05) is 26.9 Å². The fraction of sp³-hybridized carbons (Fsp3) is 0.533. The first kappa shape index (κ1) is 18.2. The Labute approximate surface area is 128 Å². The summed E-state index contributed by atoms with van der Waals surface area (Å²) in [7, 11) is 1.64. The molecule has 0 bridgehead atoms. The van der Waals surface area contributed by atoms with Crippen LogP contribution in [0.3, 0.4) is 0 Å². The van der Waals surface area contributed by atoms with Gasteiger partial charge in [0.05, 0.1) is 6.61 Å². The molecule has 0 aliphatic rings. The maximum atomic E-state index is 12.3. The number of rotatable bonds is 9. The van der Waals surface area contributed by atoms with Gasteiger partial charge in [0.1, 0.15) is 6.61 Å². The van der Waals surface area contributed by atoms with Crippen LogP contribution in [0, 0.1) is 0 Å². The summed E-state index contributed by atoms with van der Waals surface area (Å²) in [5.41, 5.74) is 0.748. The van der Waals surface area contributed by atoms with Gasteiger partial charge in [-0.05, 0) is 31.5 Å². The molecule has 0 aliphatic carbocycles. The van der Waals surface area contributed by atoms with E-state index in [1.54, 1.807) is 26.1 Å². The summed E-state index contributed by atoms with van der Waals surface area (Å²) in [5.74, 6) is 0.0440. The van der Waals surface area contributed by atoms with E-state index in [4.69, 9.17) is 9.47 Å². The van der Waals surface area contributed by atoms with E-state index in [2.05, 4.69) is 4.74 Å². The average Bonchev–Trinajstić information content (AvgIpc) is 2.47. The molecule has 7 heteroatoms. The predicted molar refractivity (Wildman–Crippen MR) is 77.2 cm³/mol. The van der Waals surface area contributed by atoms with E-state index in [1.165, 1.54) is 11.0 Å². The quantitative estimate of drug-likeness (QED) is 0.702. The first-order valence-electron chi connectivity index (χ1n) is 7.00. The number of alkyl halides is 2. The van der Waals surface area contributed by atoms with Crippen molar-refractivity contribution in [2.24, 2.45) is 0 Å². The molecular formula is C15H21F2NO4. The lowest BCUT2D eigenvalue weighted by Crippen LogP contribution is -2.29. The molecule has 124 valence electrons. The van der Waals surface area contributed by atoms with Crippen LogP contribution in [0.4, 0.5) is 8.78 Å². The lowest BCUT2D eigenvalue weighted by molar-refractivity contribution is -0.135. The first-order valence-corrected chi connectivity index (χ1v) is 7.00. The molecule has 0 saturated heterocycles. The molecule has 0 spiro atoms. The number of nitrogens with zero attached hydrogens (tertiary/aromatic N) is 1. The van der Waals surface area contributed by atoms with Gasteiger partial charge in [0.2, 0.25) is 5.91 Å². The highest BCUT2D eigenvalue weighted by atomic mass is 19.3. The Morgan fingerprint density at radius 2 is 1.95 bits per heavy atom. The number of amides is 1. The van der Waals surface area contributed by atoms with Gasteiger partial charge < -0.3 is 19.1 Å². The number of ether oxygens (including phenoxy) is 3. The van der Waals surface area contributed by atoms with Gasteiger partial charge in [0, 0.05) is 20.2 Å². The molecule has 0 unspecified atom stereocenters. The number of carbonyl (C=O) groups excluding carboxylic acids is 1. The second kappa shape index (κ2) is 9.19. The molecule has 1 rings (SSSR count). The summed E-state index contributed by atoms with van der Waals surface area (Å²) in [6, 6.07) is 4.61. The van der Waals surface area contributed by atoms with Crippen LogP contribution in [0.15, 0.2) is 18.2 Å². The first-order chi connectivity index (χ1) is 10.5. The smallest absolute Gasteiger partial charge is 0.387 e. The standard InChI is InChI=1S/C15H21F2NO4/c1-4-20-10-14(19)18(3)9-11-6-7-12(22-15(16)17)13(8-11)21-5-2/h6-8,15H,4-5,9-10H2,1-3H3. The second-order valence-corrected chi connectivity index (χ2v) is 4.48. The second-order valence-electron chi connectivity index (χ2n) is 4.48. The number of benzene rings is 1. The van der Waals surface area contributed by atoms with E-state index in [9.17, 15) is 13.6 Å². The number of hydrogen-bond donors (Lipinski definition) is 0. The summed E-state index contributed by atoms with van der Waals surface area (Å²) >= 11 is 0. The van der Waals surface area contributed by atoms with Crippen LogP contribution in [-0.4, -0.2) is 44.3 Å². The van der Waals surface area contributed by atoms with Crippen molar-refractivity contribution < 1.29 is 27.8 Å². The Bertz CT molecular complexity index is 483. The van der Waals surface area contributed by atoms with Gasteiger partial charge in [-0.2, -0.15) is 8.78 Å². The van der Waals surface area contributed by atoms with Crippen LogP contribution in [0.5, 0.6) is 11.5 Å². The van der Waals surface area contributed by atoms with Crippen molar-refractivity contribution in [2.45, 2.75) is 27.0 Å². The van der Waals surface area contributed by atoms with Gasteiger partial charge in [-0.3, -0.25) is 4.79 Å². The van der Waals surface area contributed by atoms with E-state index < -0.39 is 6.61 Å². The molecule has 22 heavy (non-hydrogen) atoms. The lowest BCUT2D eigenvalue weighted by atomic mass is 10.2. The topological polar surface area (TPSA) is 48.0 Å². The summed E-state index contributed by atoms with van der Waals surface area (Å²) in [6.07, 6.45) is 0. The highest BCUT2D eigenvalue weighted by Gasteiger charge is 2.14. The largest absolute Gasteiger partial charge is 0.490 e. The molecule has 0 heterocycles. The summed E-state index contributed by atoms with van der Waals surface area (Å²) in [5, 5.41) is 0. The molecule has 1 amide bonds. The SMILES string of the molecule is CCOCC(=O)N(C)Cc1ccc(OC(F)F)c(OCC)c1. The molecule has 0 aliphatic heterocycles. The highest BCUT2D eigenvalue weighted by molar-refractivity contribution is 5.77. The van der Waals surface area contributed by atoms with Crippen molar-refractivity contribution in [3.8, 4) is 11.5 Å². The molecule has 5 nitrogen and oxygen atoms in total. The van der Waals surface area contributed by atoms with Crippen molar-refractivity contribution in [1.29, 1.82) is 0 Å². The van der Waals surface area contributed by atoms with E-state index in [1.807, 2.05) is 6.92 Å². The number of hydrogen-bond acceptors (Lipinski definition) is 4. The minimum atomic E-state index is -2.92. The Hall–Kier alpha value is -1.89. The van der Waals surface area contributed by atoms with Gasteiger partial charge in [-0.15, -0.1) is 0 Å². The van der Waals surface area contributed by atoms with E-state index in [0.717, 1.165) is 5.56 Å². The number of likely N-dealkylation sites (N-methyl/N-ethyl adjacent to an activating group) is 1. The van der Waals surface area contributed by atoms with Crippen LogP contribution >= 0.6 is 0 Å². The van der Waals surface area contributed by atoms with Crippen molar-refractivity contribution >= 4 is 5.91 Å². The molecule has 0 radical (unpaired) electrons. The fourth-order valence-electron chi connectivity index (χ4n) is 1.77. The Balaban J connectivity index is 2.78. The summed E-state index contributed by atoms with van der Waals surface area (Å²) in [4.78, 5) is 13.3. The van der Waals surface area contributed by atoms with Gasteiger partial charge in [-0.1, -0.05) is 6.07 Å². The predicted octanol–water partition coefficient (Wildman–Crippen LogP) is 2.68. The van der Waals surface area contributed by atoms with E-state index in [0.29, 0.717) is 19.8 Å². The molecule has 1 aromatic carbocycles. The third-order valence-corrected chi connectivity index (χ3v) is 2.80. The van der Waals surface area contributed by atoms with Gasteiger partial charge in [0.25, 0.3) is 0 Å². The average molecular weight is 317 g/mol. The Kier molecular flexibility index (Phi) is 7.59. The molecular weight excluding hydrogens is 296 g/mol. The third-order valence-electron chi connectivity index (χ3n) is 2.80. The lowest BCUT2D eigenvalue weighted by Gasteiger charge is -2.18. The highest BCUT2D eigenvalue weighted by Crippen LogP contribution is 2.30. The molecule has 0 atom stereocenters. The van der Waals surface area contributed by atoms with Crippen LogP contribution < -0.4 is 9.47 Å². The summed E-state index contributed by atoms with van der Waals surface area (Å²) in [6.45, 7) is 1.76. The van der Waals surface area contributed by atoms with Crippen LogP contribution in [0.2, 0.25) is 0 Å². The Morgan fingerprint density at radius 1 is 1.23 bits per heavy atom. The van der Waals surface area contributed by atoms with Gasteiger partial charge in [0.15, 0.2) is 11.5 Å². The maximum absolute atomic E-state index is 12.3. The fourth-order valence-corrected chi connectivity index (χ4v) is 1.77. The minimum Gasteiger partial charge on any atom is -0.490 e. The zero-order valence-electron chi connectivity index (χ0n) is 13.0.